The normalized spacial score (nSPS) is 8.71. The topological polar surface area (TPSA) is 77.0 Å². The number of quaternary nitrogens is 1. The van der Waals surface area contributed by atoms with Gasteiger partial charge in [0, 0.05) is 0 Å². The van der Waals surface area contributed by atoms with Gasteiger partial charge in [-0.05, 0) is 0 Å². The van der Waals surface area contributed by atoms with Crippen molar-refractivity contribution in [2.45, 2.75) is 0 Å². The zero-order valence-corrected chi connectivity index (χ0v) is 3.76. The lowest BCUT2D eigenvalue weighted by atomic mass is 10.7. The average molecular weight is 105 g/mol. The van der Waals surface area contributed by atoms with Crippen LogP contribution in [0, 0.1) is 0 Å². The summed E-state index contributed by atoms with van der Waals surface area (Å²) in [7, 11) is 0. The van der Waals surface area contributed by atoms with E-state index in [0.29, 0.717) is 0 Å². The van der Waals surface area contributed by atoms with E-state index in [1.807, 2.05) is 0 Å². The maximum atomic E-state index is 9.50. The van der Waals surface area contributed by atoms with Gasteiger partial charge in [0.05, 0.1) is 5.97 Å². The number of carboxylic acids is 1. The smallest absolute Gasteiger partial charge is 0.177 e. The van der Waals surface area contributed by atoms with Crippen molar-refractivity contribution in [3.05, 3.63) is 0 Å². The first kappa shape index (κ1) is 6.39. The Morgan fingerprint density at radius 3 is 2.57 bits per heavy atom. The molecule has 0 bridgehead atoms. The number of aliphatic carboxylic acids is 1. The second kappa shape index (κ2) is 3.58. The monoisotopic (exact) mass is 105 g/mol. The molecule has 0 rings (SSSR count). The number of carbonyl (C=O) groups is 1. The lowest BCUT2D eigenvalue weighted by molar-refractivity contribution is -0.679. The second-order valence-corrected chi connectivity index (χ2v) is 1.05. The number of hydrogen-bond acceptors (Lipinski definition) is 3. The average Bonchev–Trinajstić information content (AvgIpc) is 1.61. The molecule has 0 heterocycles. The van der Waals surface area contributed by atoms with Gasteiger partial charge in [0.1, 0.15) is 6.54 Å². The lowest BCUT2D eigenvalue weighted by Crippen LogP contribution is -2.87. The van der Waals surface area contributed by atoms with Crippen LogP contribution in [-0.4, -0.2) is 24.4 Å². The fourth-order valence-corrected chi connectivity index (χ4v) is 0.182. The van der Waals surface area contributed by atoms with Gasteiger partial charge in [-0.15, -0.1) is 0 Å². The standard InChI is InChI=1S/C3H7NO3/c5-2-4-1-3(6)7/h4-5H,1-2H2,(H,6,7). The first-order valence-corrected chi connectivity index (χ1v) is 1.89. The van der Waals surface area contributed by atoms with Crippen molar-refractivity contribution in [1.82, 2.24) is 0 Å². The minimum Gasteiger partial charge on any atom is -0.544 e. The van der Waals surface area contributed by atoms with E-state index in [1.54, 1.807) is 0 Å². The van der Waals surface area contributed by atoms with Crippen LogP contribution in [0.3, 0.4) is 0 Å². The molecule has 0 atom stereocenters. The van der Waals surface area contributed by atoms with Crippen LogP contribution in [0.5, 0.6) is 0 Å². The Labute approximate surface area is 40.8 Å². The molecule has 0 saturated heterocycles. The van der Waals surface area contributed by atoms with Crippen molar-refractivity contribution in [3.8, 4) is 0 Å². The first-order chi connectivity index (χ1) is 3.27. The molecule has 0 aromatic rings. The molecule has 0 aliphatic carbocycles. The molecule has 0 aliphatic heterocycles. The molecule has 0 spiro atoms. The summed E-state index contributed by atoms with van der Waals surface area (Å²) in [4.78, 5) is 9.50. The number of rotatable bonds is 3. The number of nitrogens with two attached hydrogens (primary N) is 1. The second-order valence-electron chi connectivity index (χ2n) is 1.05. The summed E-state index contributed by atoms with van der Waals surface area (Å²) in [6.07, 6.45) is 0. The van der Waals surface area contributed by atoms with Crippen molar-refractivity contribution in [2.75, 3.05) is 13.3 Å². The van der Waals surface area contributed by atoms with Gasteiger partial charge >= 0.3 is 0 Å². The molecule has 0 fully saturated rings. The maximum Gasteiger partial charge on any atom is 0.177 e. The van der Waals surface area contributed by atoms with Crippen LogP contribution in [-0.2, 0) is 4.79 Å². The quantitative estimate of drug-likeness (QED) is 0.362. The third-order valence-electron chi connectivity index (χ3n) is 0.440. The van der Waals surface area contributed by atoms with Crippen molar-refractivity contribution >= 4 is 5.97 Å². The van der Waals surface area contributed by atoms with Crippen molar-refractivity contribution in [3.63, 3.8) is 0 Å². The molecule has 4 heteroatoms. The van der Waals surface area contributed by atoms with Gasteiger partial charge in [-0.2, -0.15) is 0 Å². The van der Waals surface area contributed by atoms with Crippen LogP contribution in [0.25, 0.3) is 0 Å². The largest absolute Gasteiger partial charge is 0.544 e. The van der Waals surface area contributed by atoms with E-state index in [9.17, 15) is 9.90 Å². The molecule has 0 aromatic heterocycles. The number of hydrogen-bond donors (Lipinski definition) is 2. The highest BCUT2D eigenvalue weighted by Gasteiger charge is 1.82. The zero-order valence-electron chi connectivity index (χ0n) is 3.76. The summed E-state index contributed by atoms with van der Waals surface area (Å²) >= 11 is 0. The van der Waals surface area contributed by atoms with E-state index in [0.717, 1.165) is 0 Å². The highest BCUT2D eigenvalue weighted by atomic mass is 16.4. The summed E-state index contributed by atoms with van der Waals surface area (Å²) in [6.45, 7) is -0.371. The van der Waals surface area contributed by atoms with Gasteiger partial charge in [-0.25, -0.2) is 0 Å². The molecule has 0 amide bonds. The third-order valence-corrected chi connectivity index (χ3v) is 0.440. The number of carbonyl (C=O) groups excluding carboxylic acids is 1. The Balaban J connectivity index is 2.82. The Morgan fingerprint density at radius 2 is 2.43 bits per heavy atom. The molecule has 0 radical (unpaired) electrons. The minimum absolute atomic E-state index is 0.170. The third kappa shape index (κ3) is 5.39. The first-order valence-electron chi connectivity index (χ1n) is 1.89. The van der Waals surface area contributed by atoms with E-state index < -0.39 is 5.97 Å². The van der Waals surface area contributed by atoms with Crippen LogP contribution < -0.4 is 10.4 Å². The molecule has 0 saturated carbocycles. The summed E-state index contributed by atoms with van der Waals surface area (Å²) in [6, 6.07) is 0. The van der Waals surface area contributed by atoms with Crippen molar-refractivity contribution in [2.24, 2.45) is 0 Å². The van der Waals surface area contributed by atoms with Crippen molar-refractivity contribution in [1.29, 1.82) is 0 Å². The summed E-state index contributed by atoms with van der Waals surface area (Å²) in [5.41, 5.74) is 0. The van der Waals surface area contributed by atoms with E-state index in [2.05, 4.69) is 0 Å². The summed E-state index contributed by atoms with van der Waals surface area (Å²) in [5, 5.41) is 18.7. The Kier molecular flexibility index (Phi) is 3.26. The van der Waals surface area contributed by atoms with Gasteiger partial charge in [0.2, 0.25) is 0 Å². The van der Waals surface area contributed by atoms with Gasteiger partial charge in [-0.3, -0.25) is 0 Å². The highest BCUT2D eigenvalue weighted by molar-refractivity contribution is 5.64. The molecule has 0 aromatic carbocycles. The van der Waals surface area contributed by atoms with Crippen LogP contribution in [0.1, 0.15) is 0 Å². The molecule has 0 unspecified atom stereocenters. The van der Waals surface area contributed by atoms with Crippen LogP contribution >= 0.6 is 0 Å². The van der Waals surface area contributed by atoms with E-state index in [4.69, 9.17) is 5.11 Å². The maximum absolute atomic E-state index is 9.50. The van der Waals surface area contributed by atoms with E-state index >= 15 is 0 Å². The zero-order chi connectivity index (χ0) is 5.70. The van der Waals surface area contributed by atoms with Gasteiger partial charge in [0.25, 0.3) is 0 Å². The van der Waals surface area contributed by atoms with E-state index in [1.165, 1.54) is 5.32 Å². The molecule has 3 N–H and O–H groups in total. The fraction of sp³-hybridized carbons (Fsp3) is 0.667. The number of aliphatic hydroxyl groups excluding tert-OH is 1. The van der Waals surface area contributed by atoms with Crippen LogP contribution in [0.15, 0.2) is 0 Å². The molecule has 42 valence electrons. The molecular formula is C3H7NO3. The SMILES string of the molecule is O=C([O-])C[NH2+]CO. The summed E-state index contributed by atoms with van der Waals surface area (Å²) in [5.74, 6) is -1.16. The number of carboxylic acid groups (broad SMARTS) is 1. The molecule has 0 aliphatic rings. The molecule has 7 heavy (non-hydrogen) atoms. The van der Waals surface area contributed by atoms with Gasteiger partial charge in [0.15, 0.2) is 6.73 Å². The van der Waals surface area contributed by atoms with Crippen LogP contribution in [0.2, 0.25) is 0 Å². The van der Waals surface area contributed by atoms with E-state index in [-0.39, 0.29) is 13.3 Å². The molecule has 4 nitrogen and oxygen atoms in total. The van der Waals surface area contributed by atoms with Crippen molar-refractivity contribution < 1.29 is 20.3 Å². The number of aliphatic hydroxyl groups is 1. The Hall–Kier alpha value is -0.610. The summed E-state index contributed by atoms with van der Waals surface area (Å²) < 4.78 is 0. The minimum atomic E-state index is -1.16. The van der Waals surface area contributed by atoms with Crippen LogP contribution in [0.4, 0.5) is 0 Å². The highest BCUT2D eigenvalue weighted by Crippen LogP contribution is 1.35. The predicted octanol–water partition coefficient (Wildman–Crippen LogP) is -3.75. The fourth-order valence-electron chi connectivity index (χ4n) is 0.182. The Bertz CT molecular complexity index is 63.2. The molecular weight excluding hydrogens is 98.0 g/mol. The Morgan fingerprint density at radius 1 is 1.86 bits per heavy atom. The predicted molar refractivity (Wildman–Crippen MR) is 18.9 cm³/mol. The van der Waals surface area contributed by atoms with Gasteiger partial charge in [-0.1, -0.05) is 0 Å². The van der Waals surface area contributed by atoms with Gasteiger partial charge < -0.3 is 20.3 Å². The lowest BCUT2D eigenvalue weighted by Gasteiger charge is -1.95.